The van der Waals surface area contributed by atoms with Crippen LogP contribution in [0.25, 0.3) is 0 Å². The van der Waals surface area contributed by atoms with Crippen molar-refractivity contribution >= 4 is 10.2 Å². The summed E-state index contributed by atoms with van der Waals surface area (Å²) in [5, 5.41) is 9.02. The molecule has 2 fully saturated rings. The van der Waals surface area contributed by atoms with Gasteiger partial charge in [-0.15, -0.1) is 0 Å². The van der Waals surface area contributed by atoms with Crippen LogP contribution in [0.15, 0.2) is 0 Å². The van der Waals surface area contributed by atoms with Crippen LogP contribution in [0.1, 0.15) is 19.3 Å². The predicted molar refractivity (Wildman–Crippen MR) is 62.7 cm³/mol. The van der Waals surface area contributed by atoms with E-state index in [1.165, 1.54) is 8.61 Å². The van der Waals surface area contributed by atoms with Gasteiger partial charge in [-0.05, 0) is 12.8 Å². The van der Waals surface area contributed by atoms with Crippen molar-refractivity contribution < 1.29 is 18.3 Å². The molecular weight excluding hydrogens is 244 g/mol. The van der Waals surface area contributed by atoms with E-state index in [-0.39, 0.29) is 19.2 Å². The molecule has 0 aromatic carbocycles. The minimum absolute atomic E-state index is 0.0787. The van der Waals surface area contributed by atoms with Gasteiger partial charge in [0.05, 0.1) is 19.8 Å². The Morgan fingerprint density at radius 3 is 2.41 bits per heavy atom. The van der Waals surface area contributed by atoms with Gasteiger partial charge in [0.25, 0.3) is 10.2 Å². The van der Waals surface area contributed by atoms with E-state index in [0.29, 0.717) is 26.3 Å². The molecule has 1 heterocycles. The Bertz CT molecular complexity index is 336. The molecule has 17 heavy (non-hydrogen) atoms. The maximum atomic E-state index is 12.4. The zero-order valence-electron chi connectivity index (χ0n) is 9.92. The van der Waals surface area contributed by atoms with Crippen molar-refractivity contribution in [2.75, 3.05) is 39.5 Å². The van der Waals surface area contributed by atoms with Crippen LogP contribution in [-0.2, 0) is 14.9 Å². The van der Waals surface area contributed by atoms with Gasteiger partial charge in [-0.25, -0.2) is 0 Å². The number of aliphatic hydroxyl groups is 1. The van der Waals surface area contributed by atoms with Gasteiger partial charge >= 0.3 is 0 Å². The molecule has 2 aliphatic rings. The average Bonchev–Trinajstić information content (AvgIpc) is 2.27. The first-order valence-electron chi connectivity index (χ1n) is 6.12. The molecule has 0 bridgehead atoms. The fourth-order valence-corrected chi connectivity index (χ4v) is 3.99. The first kappa shape index (κ1) is 13.2. The molecule has 0 aromatic rings. The zero-order valence-corrected chi connectivity index (χ0v) is 10.7. The van der Waals surface area contributed by atoms with Crippen LogP contribution in [0.4, 0.5) is 0 Å². The van der Waals surface area contributed by atoms with Gasteiger partial charge in [-0.1, -0.05) is 6.42 Å². The minimum Gasteiger partial charge on any atom is -0.395 e. The molecule has 7 heteroatoms. The number of morpholine rings is 1. The smallest absolute Gasteiger partial charge is 0.282 e. The van der Waals surface area contributed by atoms with E-state index in [1.54, 1.807) is 0 Å². The van der Waals surface area contributed by atoms with Crippen LogP contribution in [0.2, 0.25) is 0 Å². The summed E-state index contributed by atoms with van der Waals surface area (Å²) in [5.74, 6) is 0. The second-order valence-corrected chi connectivity index (χ2v) is 6.32. The third-order valence-corrected chi connectivity index (χ3v) is 5.49. The predicted octanol–water partition coefficient (Wildman–Crippen LogP) is -0.590. The van der Waals surface area contributed by atoms with Crippen molar-refractivity contribution in [1.29, 1.82) is 0 Å². The summed E-state index contributed by atoms with van der Waals surface area (Å²) in [5.41, 5.74) is 0. The SMILES string of the molecule is O=S(=O)(N1CCOCC1)N(CCO)C1CCC1. The third-order valence-electron chi connectivity index (χ3n) is 3.40. The van der Waals surface area contributed by atoms with Crippen molar-refractivity contribution in [2.24, 2.45) is 0 Å². The van der Waals surface area contributed by atoms with Crippen molar-refractivity contribution in [2.45, 2.75) is 25.3 Å². The lowest BCUT2D eigenvalue weighted by atomic mass is 9.93. The molecule has 0 amide bonds. The van der Waals surface area contributed by atoms with Crippen LogP contribution in [0, 0.1) is 0 Å². The summed E-state index contributed by atoms with van der Waals surface area (Å²) in [7, 11) is -3.42. The van der Waals surface area contributed by atoms with Crippen molar-refractivity contribution in [3.05, 3.63) is 0 Å². The number of hydrogen-bond donors (Lipinski definition) is 1. The third kappa shape index (κ3) is 2.79. The highest BCUT2D eigenvalue weighted by molar-refractivity contribution is 7.86. The Kier molecular flexibility index (Phi) is 4.37. The molecule has 0 aromatic heterocycles. The van der Waals surface area contributed by atoms with Crippen LogP contribution in [0.3, 0.4) is 0 Å². The average molecular weight is 264 g/mol. The quantitative estimate of drug-likeness (QED) is 0.720. The van der Waals surface area contributed by atoms with Crippen LogP contribution in [0.5, 0.6) is 0 Å². The molecule has 0 spiro atoms. The summed E-state index contributed by atoms with van der Waals surface area (Å²) in [4.78, 5) is 0. The molecule has 0 radical (unpaired) electrons. The van der Waals surface area contributed by atoms with E-state index in [9.17, 15) is 8.42 Å². The molecule has 1 aliphatic carbocycles. The Morgan fingerprint density at radius 1 is 1.29 bits per heavy atom. The van der Waals surface area contributed by atoms with E-state index in [0.717, 1.165) is 19.3 Å². The van der Waals surface area contributed by atoms with E-state index in [2.05, 4.69) is 0 Å². The highest BCUT2D eigenvalue weighted by atomic mass is 32.2. The minimum atomic E-state index is -3.42. The van der Waals surface area contributed by atoms with Crippen molar-refractivity contribution in [3.63, 3.8) is 0 Å². The number of nitrogens with zero attached hydrogens (tertiary/aromatic N) is 2. The fourth-order valence-electron chi connectivity index (χ4n) is 2.19. The van der Waals surface area contributed by atoms with Gasteiger partial charge < -0.3 is 9.84 Å². The largest absolute Gasteiger partial charge is 0.395 e. The summed E-state index contributed by atoms with van der Waals surface area (Å²) in [6.45, 7) is 1.81. The van der Waals surface area contributed by atoms with Crippen molar-refractivity contribution in [1.82, 2.24) is 8.61 Å². The molecule has 1 aliphatic heterocycles. The summed E-state index contributed by atoms with van der Waals surface area (Å²) >= 11 is 0. The molecule has 1 N–H and O–H groups in total. The van der Waals surface area contributed by atoms with E-state index in [4.69, 9.17) is 9.84 Å². The highest BCUT2D eigenvalue weighted by Gasteiger charge is 2.37. The molecule has 2 rings (SSSR count). The second-order valence-electron chi connectivity index (χ2n) is 4.44. The Morgan fingerprint density at radius 2 is 1.94 bits per heavy atom. The number of hydrogen-bond acceptors (Lipinski definition) is 4. The Balaban J connectivity index is 2.08. The molecule has 1 saturated carbocycles. The Labute approximate surface area is 102 Å². The van der Waals surface area contributed by atoms with Crippen LogP contribution in [-0.4, -0.2) is 67.6 Å². The van der Waals surface area contributed by atoms with Gasteiger partial charge in [-0.3, -0.25) is 0 Å². The molecule has 0 atom stereocenters. The highest BCUT2D eigenvalue weighted by Crippen LogP contribution is 2.28. The first-order chi connectivity index (χ1) is 8.16. The van der Waals surface area contributed by atoms with Gasteiger partial charge in [0.2, 0.25) is 0 Å². The van der Waals surface area contributed by atoms with Crippen molar-refractivity contribution in [3.8, 4) is 0 Å². The van der Waals surface area contributed by atoms with Gasteiger partial charge in [0.15, 0.2) is 0 Å². The summed E-state index contributed by atoms with van der Waals surface area (Å²) in [6.07, 6.45) is 2.89. The molecule has 1 saturated heterocycles. The van der Waals surface area contributed by atoms with Crippen LogP contribution >= 0.6 is 0 Å². The van der Waals surface area contributed by atoms with E-state index in [1.807, 2.05) is 0 Å². The number of aliphatic hydroxyl groups excluding tert-OH is 1. The number of ether oxygens (including phenoxy) is 1. The summed E-state index contributed by atoms with van der Waals surface area (Å²) < 4.78 is 32.9. The lowest BCUT2D eigenvalue weighted by molar-refractivity contribution is 0.0667. The number of rotatable bonds is 5. The van der Waals surface area contributed by atoms with Crippen LogP contribution < -0.4 is 0 Å². The molecular formula is C10H20N2O4S. The summed E-state index contributed by atoms with van der Waals surface area (Å²) in [6, 6.07) is 0.0787. The normalized spacial score (nSPS) is 23.9. The second kappa shape index (κ2) is 5.62. The maximum absolute atomic E-state index is 12.4. The van der Waals surface area contributed by atoms with Gasteiger partial charge in [0, 0.05) is 25.7 Å². The zero-order chi connectivity index (χ0) is 12.3. The van der Waals surface area contributed by atoms with E-state index < -0.39 is 10.2 Å². The topological polar surface area (TPSA) is 70.1 Å². The molecule has 0 unspecified atom stereocenters. The van der Waals surface area contributed by atoms with E-state index >= 15 is 0 Å². The van der Waals surface area contributed by atoms with Gasteiger partial charge in [0.1, 0.15) is 0 Å². The standard InChI is InChI=1S/C10H20N2O4S/c13-7-4-12(10-2-1-3-10)17(14,15)11-5-8-16-9-6-11/h10,13H,1-9H2. The van der Waals surface area contributed by atoms with Gasteiger partial charge in [-0.2, -0.15) is 17.0 Å². The lowest BCUT2D eigenvalue weighted by Crippen LogP contribution is -2.54. The molecule has 100 valence electrons. The fraction of sp³-hybridized carbons (Fsp3) is 1.00. The lowest BCUT2D eigenvalue weighted by Gasteiger charge is -2.39. The monoisotopic (exact) mass is 264 g/mol. The maximum Gasteiger partial charge on any atom is 0.282 e. The molecule has 6 nitrogen and oxygen atoms in total. The first-order valence-corrected chi connectivity index (χ1v) is 7.51. The Hall–Kier alpha value is -0.210.